The van der Waals surface area contributed by atoms with Crippen molar-refractivity contribution in [3.05, 3.63) is 0 Å². The highest BCUT2D eigenvalue weighted by atomic mass is 19.3. The Balaban J connectivity index is 3.64. The largest absolute Gasteiger partial charge is 0.396 e. The quantitative estimate of drug-likeness (QED) is 0.653. The van der Waals surface area contributed by atoms with Gasteiger partial charge < -0.3 is 5.11 Å². The molecular formula is C7H14F2O. The molecule has 1 unspecified atom stereocenters. The molecule has 0 aromatic rings. The first kappa shape index (κ1) is 9.82. The molecule has 0 bridgehead atoms. The van der Waals surface area contributed by atoms with Crippen LogP contribution in [0.3, 0.4) is 0 Å². The summed E-state index contributed by atoms with van der Waals surface area (Å²) in [7, 11) is 0. The zero-order valence-corrected chi connectivity index (χ0v) is 6.40. The molecule has 0 radical (unpaired) electrons. The molecule has 0 spiro atoms. The van der Waals surface area contributed by atoms with Crippen molar-refractivity contribution in [1.82, 2.24) is 0 Å². The molecule has 0 aromatic carbocycles. The van der Waals surface area contributed by atoms with Crippen molar-refractivity contribution < 1.29 is 13.9 Å². The number of aliphatic hydroxyl groups is 1. The Bertz CT molecular complexity index is 93.6. The van der Waals surface area contributed by atoms with Gasteiger partial charge in [-0.15, -0.1) is 0 Å². The van der Waals surface area contributed by atoms with Crippen LogP contribution >= 0.6 is 0 Å². The minimum atomic E-state index is -2.60. The van der Waals surface area contributed by atoms with Gasteiger partial charge in [0.15, 0.2) is 0 Å². The van der Waals surface area contributed by atoms with Crippen molar-refractivity contribution >= 4 is 0 Å². The molecule has 0 rings (SSSR count). The molecule has 0 amide bonds. The van der Waals surface area contributed by atoms with E-state index in [1.807, 2.05) is 0 Å². The summed E-state index contributed by atoms with van der Waals surface area (Å²) >= 11 is 0. The number of hydrogen-bond acceptors (Lipinski definition) is 1. The smallest absolute Gasteiger partial charge is 0.248 e. The van der Waals surface area contributed by atoms with Gasteiger partial charge in [-0.1, -0.05) is 13.8 Å². The van der Waals surface area contributed by atoms with Crippen LogP contribution < -0.4 is 0 Å². The lowest BCUT2D eigenvalue weighted by Gasteiger charge is -2.16. The van der Waals surface area contributed by atoms with Gasteiger partial charge in [-0.2, -0.15) is 0 Å². The molecule has 0 aliphatic rings. The topological polar surface area (TPSA) is 20.2 Å². The van der Waals surface area contributed by atoms with Gasteiger partial charge in [-0.05, 0) is 5.92 Å². The second kappa shape index (κ2) is 3.86. The van der Waals surface area contributed by atoms with Crippen LogP contribution in [0.1, 0.15) is 26.7 Å². The fourth-order valence-corrected chi connectivity index (χ4v) is 0.719. The maximum absolute atomic E-state index is 12.5. The van der Waals surface area contributed by atoms with Gasteiger partial charge in [0.1, 0.15) is 0 Å². The molecule has 62 valence electrons. The minimum Gasteiger partial charge on any atom is -0.396 e. The number of alkyl halides is 2. The Labute approximate surface area is 60.1 Å². The van der Waals surface area contributed by atoms with Crippen LogP contribution in [0.2, 0.25) is 0 Å². The third kappa shape index (κ3) is 3.77. The van der Waals surface area contributed by atoms with E-state index < -0.39 is 5.92 Å². The van der Waals surface area contributed by atoms with E-state index in [0.717, 1.165) is 0 Å². The predicted octanol–water partition coefficient (Wildman–Crippen LogP) is 2.05. The first-order valence-electron chi connectivity index (χ1n) is 3.50. The molecule has 0 fully saturated rings. The van der Waals surface area contributed by atoms with Gasteiger partial charge in [0, 0.05) is 19.4 Å². The summed E-state index contributed by atoms with van der Waals surface area (Å²) in [6.07, 6.45) is -0.350. The third-order valence-electron chi connectivity index (χ3n) is 1.48. The van der Waals surface area contributed by atoms with Crippen LogP contribution in [0.5, 0.6) is 0 Å². The normalized spacial score (nSPS) is 15.3. The van der Waals surface area contributed by atoms with Crippen molar-refractivity contribution in [3.63, 3.8) is 0 Å². The molecule has 0 saturated heterocycles. The summed E-state index contributed by atoms with van der Waals surface area (Å²) < 4.78 is 25.0. The maximum Gasteiger partial charge on any atom is 0.248 e. The fourth-order valence-electron chi connectivity index (χ4n) is 0.719. The number of hydrogen-bond donors (Lipinski definition) is 1. The van der Waals surface area contributed by atoms with Gasteiger partial charge in [-0.3, -0.25) is 0 Å². The van der Waals surface area contributed by atoms with E-state index in [0.29, 0.717) is 0 Å². The summed E-state index contributed by atoms with van der Waals surface area (Å²) in [5.41, 5.74) is 0. The van der Waals surface area contributed by atoms with Crippen LogP contribution in [0.25, 0.3) is 0 Å². The second-order valence-corrected chi connectivity index (χ2v) is 2.70. The van der Waals surface area contributed by atoms with Crippen molar-refractivity contribution in [2.24, 2.45) is 5.92 Å². The van der Waals surface area contributed by atoms with E-state index >= 15 is 0 Å². The van der Waals surface area contributed by atoms with Crippen molar-refractivity contribution in [1.29, 1.82) is 0 Å². The van der Waals surface area contributed by atoms with E-state index in [2.05, 4.69) is 0 Å². The molecule has 1 N–H and O–H groups in total. The maximum atomic E-state index is 12.5. The zero-order valence-electron chi connectivity index (χ0n) is 6.40. The van der Waals surface area contributed by atoms with Crippen LogP contribution in [-0.2, 0) is 0 Å². The number of rotatable bonds is 4. The van der Waals surface area contributed by atoms with Gasteiger partial charge in [0.25, 0.3) is 0 Å². The molecule has 10 heavy (non-hydrogen) atoms. The fraction of sp³-hybridized carbons (Fsp3) is 1.00. The molecule has 1 nitrogen and oxygen atoms in total. The first-order chi connectivity index (χ1) is 4.52. The summed E-state index contributed by atoms with van der Waals surface area (Å²) in [4.78, 5) is 0. The van der Waals surface area contributed by atoms with E-state index in [1.165, 1.54) is 6.92 Å². The van der Waals surface area contributed by atoms with E-state index in [9.17, 15) is 8.78 Å². The lowest BCUT2D eigenvalue weighted by atomic mass is 10.0. The van der Waals surface area contributed by atoms with Crippen molar-refractivity contribution in [2.75, 3.05) is 6.61 Å². The second-order valence-electron chi connectivity index (χ2n) is 2.70. The Hall–Kier alpha value is -0.180. The highest BCUT2D eigenvalue weighted by molar-refractivity contribution is 4.66. The molecule has 0 heterocycles. The number of halogens is 2. The Morgan fingerprint density at radius 2 is 2.00 bits per heavy atom. The van der Waals surface area contributed by atoms with E-state index in [1.54, 1.807) is 6.92 Å². The van der Waals surface area contributed by atoms with Crippen LogP contribution in [0.15, 0.2) is 0 Å². The molecule has 0 aliphatic heterocycles. The summed E-state index contributed by atoms with van der Waals surface area (Å²) in [5.74, 6) is -2.89. The van der Waals surface area contributed by atoms with Crippen molar-refractivity contribution in [3.8, 4) is 0 Å². The Morgan fingerprint density at radius 3 is 2.30 bits per heavy atom. The number of aliphatic hydroxyl groups excluding tert-OH is 1. The minimum absolute atomic E-state index is 0.142. The molecule has 3 heteroatoms. The lowest BCUT2D eigenvalue weighted by Crippen LogP contribution is -2.19. The van der Waals surface area contributed by atoms with Gasteiger partial charge in [0.05, 0.1) is 0 Å². The predicted molar refractivity (Wildman–Crippen MR) is 36.1 cm³/mol. The van der Waals surface area contributed by atoms with Crippen LogP contribution in [0, 0.1) is 5.92 Å². The molecule has 0 aromatic heterocycles. The highest BCUT2D eigenvalue weighted by Crippen LogP contribution is 2.26. The van der Waals surface area contributed by atoms with Crippen LogP contribution in [0.4, 0.5) is 8.78 Å². The SMILES string of the molecule is CCC(F)(F)CC(C)CO. The molecule has 1 atom stereocenters. The van der Waals surface area contributed by atoms with Gasteiger partial charge in [0.2, 0.25) is 5.92 Å². The summed E-state index contributed by atoms with van der Waals surface area (Å²) in [5, 5.41) is 8.46. The monoisotopic (exact) mass is 152 g/mol. The first-order valence-corrected chi connectivity index (χ1v) is 3.50. The lowest BCUT2D eigenvalue weighted by molar-refractivity contribution is -0.0306. The molecular weight excluding hydrogens is 138 g/mol. The average molecular weight is 152 g/mol. The average Bonchev–Trinajstić information content (AvgIpc) is 1.87. The summed E-state index contributed by atoms with van der Waals surface area (Å²) in [6.45, 7) is 2.91. The van der Waals surface area contributed by atoms with Gasteiger partial charge >= 0.3 is 0 Å². The standard InChI is InChI=1S/C7H14F2O/c1-3-7(8,9)4-6(2)5-10/h6,10H,3-5H2,1-2H3. The van der Waals surface area contributed by atoms with Gasteiger partial charge in [-0.25, -0.2) is 8.78 Å². The Morgan fingerprint density at radius 1 is 1.50 bits per heavy atom. The van der Waals surface area contributed by atoms with Crippen LogP contribution in [-0.4, -0.2) is 17.6 Å². The van der Waals surface area contributed by atoms with Crippen molar-refractivity contribution in [2.45, 2.75) is 32.6 Å². The molecule has 0 aliphatic carbocycles. The third-order valence-corrected chi connectivity index (χ3v) is 1.48. The molecule has 0 saturated carbocycles. The Kier molecular flexibility index (Phi) is 3.79. The zero-order chi connectivity index (χ0) is 8.20. The van der Waals surface area contributed by atoms with E-state index in [-0.39, 0.29) is 25.4 Å². The summed E-state index contributed by atoms with van der Waals surface area (Å²) in [6, 6.07) is 0. The van der Waals surface area contributed by atoms with E-state index in [4.69, 9.17) is 5.11 Å². The highest BCUT2D eigenvalue weighted by Gasteiger charge is 2.27.